The van der Waals surface area contributed by atoms with E-state index in [0.717, 1.165) is 11.3 Å². The molecule has 0 saturated carbocycles. The van der Waals surface area contributed by atoms with E-state index < -0.39 is 0 Å². The van der Waals surface area contributed by atoms with Crippen molar-refractivity contribution in [3.63, 3.8) is 0 Å². The lowest BCUT2D eigenvalue weighted by Gasteiger charge is -2.18. The summed E-state index contributed by atoms with van der Waals surface area (Å²) < 4.78 is 1.93. The molecule has 1 fully saturated rings. The van der Waals surface area contributed by atoms with E-state index in [1.54, 1.807) is 4.90 Å². The number of anilines is 1. The molecule has 2 heterocycles. The fourth-order valence-corrected chi connectivity index (χ4v) is 3.07. The highest BCUT2D eigenvalue weighted by Crippen LogP contribution is 2.22. The zero-order valence-corrected chi connectivity index (χ0v) is 14.3. The number of nitrogens with one attached hydrogen (secondary N) is 1. The maximum absolute atomic E-state index is 12.5. The van der Waals surface area contributed by atoms with Crippen molar-refractivity contribution in [3.8, 4) is 0 Å². The summed E-state index contributed by atoms with van der Waals surface area (Å²) in [7, 11) is 0. The van der Waals surface area contributed by atoms with Gasteiger partial charge in [0.2, 0.25) is 5.91 Å². The molecule has 1 saturated heterocycles. The molecule has 0 spiro atoms. The number of aryl methyl sites for hydroxylation is 1. The minimum Gasteiger partial charge on any atom is -0.346 e. The molecule has 0 aliphatic carbocycles. The van der Waals surface area contributed by atoms with Crippen molar-refractivity contribution >= 4 is 17.5 Å². The Morgan fingerprint density at radius 1 is 1.21 bits per heavy atom. The second-order valence-electron chi connectivity index (χ2n) is 6.61. The normalized spacial score (nSPS) is 17.6. The summed E-state index contributed by atoms with van der Waals surface area (Å²) in [6.07, 6.45) is 2.24. The van der Waals surface area contributed by atoms with Gasteiger partial charge in [-0.2, -0.15) is 0 Å². The molecule has 5 heteroatoms. The Hall–Kier alpha value is -2.56. The summed E-state index contributed by atoms with van der Waals surface area (Å²) in [5.74, 6) is -0.0827. The van der Waals surface area contributed by atoms with Crippen molar-refractivity contribution in [2.45, 2.75) is 39.3 Å². The maximum Gasteiger partial charge on any atom is 0.268 e. The van der Waals surface area contributed by atoms with Crippen molar-refractivity contribution in [3.05, 3.63) is 53.9 Å². The molecule has 1 aromatic heterocycles. The molecule has 0 bridgehead atoms. The van der Waals surface area contributed by atoms with Gasteiger partial charge in [0, 0.05) is 30.9 Å². The highest BCUT2D eigenvalue weighted by Gasteiger charge is 2.32. The summed E-state index contributed by atoms with van der Waals surface area (Å²) in [6.45, 7) is 6.60. The third-order valence-electron chi connectivity index (χ3n) is 4.37. The van der Waals surface area contributed by atoms with Crippen LogP contribution in [-0.2, 0) is 4.79 Å². The molecule has 1 aliphatic rings. The number of rotatable bonds is 4. The van der Waals surface area contributed by atoms with Crippen LogP contribution in [0.2, 0.25) is 0 Å². The topological polar surface area (TPSA) is 54.3 Å². The molecule has 0 unspecified atom stereocenters. The van der Waals surface area contributed by atoms with Crippen LogP contribution in [0, 0.1) is 6.92 Å². The Morgan fingerprint density at radius 2 is 1.92 bits per heavy atom. The first kappa shape index (κ1) is 16.3. The first-order valence-electron chi connectivity index (χ1n) is 8.30. The number of hydrogen-bond donors (Lipinski definition) is 1. The number of hydrogen-bond acceptors (Lipinski definition) is 2. The van der Waals surface area contributed by atoms with Gasteiger partial charge in [0.05, 0.1) is 6.04 Å². The lowest BCUT2D eigenvalue weighted by Crippen LogP contribution is -2.38. The van der Waals surface area contributed by atoms with Crippen molar-refractivity contribution in [1.29, 1.82) is 0 Å². The average Bonchev–Trinajstić information content (AvgIpc) is 3.15. The van der Waals surface area contributed by atoms with E-state index in [4.69, 9.17) is 0 Å². The third kappa shape index (κ3) is 3.20. The Morgan fingerprint density at radius 3 is 2.58 bits per heavy atom. The molecule has 1 aliphatic heterocycles. The highest BCUT2D eigenvalue weighted by atomic mass is 16.2. The van der Waals surface area contributed by atoms with E-state index in [9.17, 15) is 9.59 Å². The van der Waals surface area contributed by atoms with Crippen LogP contribution in [-0.4, -0.2) is 29.0 Å². The number of benzene rings is 1. The Balaban J connectivity index is 1.69. The molecule has 2 aromatic rings. The van der Waals surface area contributed by atoms with Crippen LogP contribution < -0.4 is 10.2 Å². The largest absolute Gasteiger partial charge is 0.346 e. The van der Waals surface area contributed by atoms with Crippen LogP contribution in [0.4, 0.5) is 5.69 Å². The average molecular weight is 325 g/mol. The molecule has 2 amide bonds. The second kappa shape index (κ2) is 6.51. The van der Waals surface area contributed by atoms with Gasteiger partial charge in [0.25, 0.3) is 5.91 Å². The van der Waals surface area contributed by atoms with Crippen LogP contribution in [0.5, 0.6) is 0 Å². The van der Waals surface area contributed by atoms with E-state index in [2.05, 4.69) is 5.32 Å². The minimum absolute atomic E-state index is 0.0448. The first-order chi connectivity index (χ1) is 11.5. The molecule has 24 heavy (non-hydrogen) atoms. The van der Waals surface area contributed by atoms with Gasteiger partial charge in [-0.15, -0.1) is 0 Å². The standard InChI is InChI=1S/C19H23N3O2/c1-13(2)21-10-4-5-17(21)19(24)20-15-11-18(23)22(12-15)16-8-6-14(3)7-9-16/h4-10,13,15H,11-12H2,1-3H3,(H,20,24)/t15-/m1/s1. The van der Waals surface area contributed by atoms with Crippen LogP contribution in [0.1, 0.15) is 42.4 Å². The molecule has 1 aromatic carbocycles. The van der Waals surface area contributed by atoms with Crippen molar-refractivity contribution in [1.82, 2.24) is 9.88 Å². The Kier molecular flexibility index (Phi) is 4.42. The first-order valence-corrected chi connectivity index (χ1v) is 8.30. The fraction of sp³-hybridized carbons (Fsp3) is 0.368. The van der Waals surface area contributed by atoms with E-state index in [-0.39, 0.29) is 23.9 Å². The van der Waals surface area contributed by atoms with Crippen molar-refractivity contribution in [2.24, 2.45) is 0 Å². The highest BCUT2D eigenvalue weighted by molar-refractivity contribution is 5.98. The number of amides is 2. The maximum atomic E-state index is 12.5. The molecule has 3 rings (SSSR count). The summed E-state index contributed by atoms with van der Waals surface area (Å²) >= 11 is 0. The Labute approximate surface area is 142 Å². The predicted octanol–water partition coefficient (Wildman–Crippen LogP) is 2.91. The van der Waals surface area contributed by atoms with Crippen LogP contribution in [0.15, 0.2) is 42.6 Å². The van der Waals surface area contributed by atoms with E-state index in [0.29, 0.717) is 18.7 Å². The number of carbonyl (C=O) groups is 2. The van der Waals surface area contributed by atoms with Crippen molar-refractivity contribution < 1.29 is 9.59 Å². The monoisotopic (exact) mass is 325 g/mol. The summed E-state index contributed by atoms with van der Waals surface area (Å²) in [6, 6.07) is 11.6. The number of carbonyl (C=O) groups excluding carboxylic acids is 2. The SMILES string of the molecule is Cc1ccc(N2C[C@H](NC(=O)c3cccn3C(C)C)CC2=O)cc1. The van der Waals surface area contributed by atoms with Gasteiger partial charge in [-0.05, 0) is 45.0 Å². The van der Waals surface area contributed by atoms with Gasteiger partial charge < -0.3 is 14.8 Å². The van der Waals surface area contributed by atoms with E-state index in [1.807, 2.05) is 67.9 Å². The Bertz CT molecular complexity index is 746. The van der Waals surface area contributed by atoms with Gasteiger partial charge in [-0.1, -0.05) is 17.7 Å². The molecule has 1 atom stereocenters. The van der Waals surface area contributed by atoms with Gasteiger partial charge in [-0.25, -0.2) is 0 Å². The molecule has 1 N–H and O–H groups in total. The van der Waals surface area contributed by atoms with E-state index >= 15 is 0 Å². The third-order valence-corrected chi connectivity index (χ3v) is 4.37. The van der Waals surface area contributed by atoms with Gasteiger partial charge in [0.1, 0.15) is 5.69 Å². The zero-order chi connectivity index (χ0) is 17.3. The summed E-state index contributed by atoms with van der Waals surface area (Å²) in [5, 5.41) is 3.00. The van der Waals surface area contributed by atoms with Crippen LogP contribution in [0.3, 0.4) is 0 Å². The van der Waals surface area contributed by atoms with Crippen LogP contribution in [0.25, 0.3) is 0 Å². The quantitative estimate of drug-likeness (QED) is 0.940. The molecule has 5 nitrogen and oxygen atoms in total. The zero-order valence-electron chi connectivity index (χ0n) is 14.3. The van der Waals surface area contributed by atoms with Crippen LogP contribution >= 0.6 is 0 Å². The summed E-state index contributed by atoms with van der Waals surface area (Å²) in [4.78, 5) is 26.5. The van der Waals surface area contributed by atoms with Gasteiger partial charge in [0.15, 0.2) is 0 Å². The summed E-state index contributed by atoms with van der Waals surface area (Å²) in [5.41, 5.74) is 2.67. The lowest BCUT2D eigenvalue weighted by molar-refractivity contribution is -0.117. The lowest BCUT2D eigenvalue weighted by atomic mass is 10.2. The molecular weight excluding hydrogens is 302 g/mol. The van der Waals surface area contributed by atoms with E-state index in [1.165, 1.54) is 0 Å². The second-order valence-corrected chi connectivity index (χ2v) is 6.61. The fourth-order valence-electron chi connectivity index (χ4n) is 3.07. The van der Waals surface area contributed by atoms with Crippen molar-refractivity contribution in [2.75, 3.05) is 11.4 Å². The number of aromatic nitrogens is 1. The molecule has 126 valence electrons. The minimum atomic E-state index is -0.165. The van der Waals surface area contributed by atoms with Gasteiger partial charge in [-0.3, -0.25) is 9.59 Å². The predicted molar refractivity (Wildman–Crippen MR) is 94.2 cm³/mol. The molecule has 0 radical (unpaired) electrons. The molecular formula is C19H23N3O2. The van der Waals surface area contributed by atoms with Gasteiger partial charge >= 0.3 is 0 Å². The smallest absolute Gasteiger partial charge is 0.268 e. The number of nitrogens with zero attached hydrogens (tertiary/aromatic N) is 2.